The van der Waals surface area contributed by atoms with E-state index in [2.05, 4.69) is 29.7 Å². The van der Waals surface area contributed by atoms with Crippen molar-refractivity contribution in [3.8, 4) is 0 Å². The molecule has 1 aromatic rings. The number of guanidine groups is 1. The lowest BCUT2D eigenvalue weighted by molar-refractivity contribution is -0.171. The molecule has 3 aliphatic rings. The first-order chi connectivity index (χ1) is 12.8. The number of aliphatic imine (C=N–C) groups is 1. The summed E-state index contributed by atoms with van der Waals surface area (Å²) in [7, 11) is 0. The average molecular weight is 357 g/mol. The van der Waals surface area contributed by atoms with Crippen molar-refractivity contribution in [3.63, 3.8) is 0 Å². The topological polar surface area (TPSA) is 65.9 Å². The lowest BCUT2D eigenvalue weighted by Gasteiger charge is -2.63. The van der Waals surface area contributed by atoms with Crippen LogP contribution in [0.2, 0.25) is 0 Å². The Balaban J connectivity index is 1.44. The van der Waals surface area contributed by atoms with E-state index in [0.29, 0.717) is 30.0 Å². The minimum Gasteiger partial charge on any atom is -0.396 e. The van der Waals surface area contributed by atoms with Gasteiger partial charge in [-0.15, -0.1) is 0 Å². The maximum Gasteiger partial charge on any atom is 0.191 e. The Morgan fingerprint density at radius 2 is 2.15 bits per heavy atom. The highest BCUT2D eigenvalue weighted by Gasteiger charge is 2.66. The van der Waals surface area contributed by atoms with Gasteiger partial charge in [-0.05, 0) is 31.7 Å². The van der Waals surface area contributed by atoms with Gasteiger partial charge in [-0.1, -0.05) is 36.8 Å². The van der Waals surface area contributed by atoms with Gasteiger partial charge in [-0.3, -0.25) is 4.99 Å². The van der Waals surface area contributed by atoms with E-state index in [1.54, 1.807) is 0 Å². The third-order valence-electron chi connectivity index (χ3n) is 6.63. The molecule has 0 amide bonds. The van der Waals surface area contributed by atoms with Crippen molar-refractivity contribution >= 4 is 5.96 Å². The molecule has 0 bridgehead atoms. The van der Waals surface area contributed by atoms with Crippen LogP contribution in [-0.4, -0.2) is 49.5 Å². The molecule has 142 valence electrons. The first kappa shape index (κ1) is 17.8. The molecule has 1 heterocycles. The van der Waals surface area contributed by atoms with Crippen molar-refractivity contribution < 1.29 is 9.84 Å². The number of hydrogen-bond donors (Lipinski definition) is 3. The van der Waals surface area contributed by atoms with Gasteiger partial charge >= 0.3 is 0 Å². The number of nitrogens with zero attached hydrogens (tertiary/aromatic N) is 1. The second-order valence-corrected chi connectivity index (χ2v) is 7.96. The quantitative estimate of drug-likeness (QED) is 0.540. The van der Waals surface area contributed by atoms with Crippen LogP contribution >= 0.6 is 0 Å². The summed E-state index contributed by atoms with van der Waals surface area (Å²) in [5, 5.41) is 16.9. The Kier molecular flexibility index (Phi) is 5.18. The highest BCUT2D eigenvalue weighted by molar-refractivity contribution is 5.80. The standard InChI is InChI=1S/C21H31N3O2/c1-2-22-20(23-13-16(14-25)15-7-4-3-5-8-15)24-18-17-9-12-26-19(17)21(18)10-6-11-21/h3-5,7-8,16-19,25H,2,6,9-14H2,1H3,(H2,22,23,24). The lowest BCUT2D eigenvalue weighted by atomic mass is 9.46. The van der Waals surface area contributed by atoms with E-state index in [0.717, 1.165) is 31.1 Å². The normalized spacial score (nSPS) is 30.2. The van der Waals surface area contributed by atoms with Gasteiger partial charge in [-0.2, -0.15) is 0 Å². The van der Waals surface area contributed by atoms with Crippen molar-refractivity contribution in [1.29, 1.82) is 0 Å². The molecular weight excluding hydrogens is 326 g/mol. The molecule has 2 saturated carbocycles. The molecule has 4 rings (SSSR count). The van der Waals surface area contributed by atoms with E-state index in [1.807, 2.05) is 18.2 Å². The first-order valence-electron chi connectivity index (χ1n) is 10.1. The Morgan fingerprint density at radius 3 is 2.81 bits per heavy atom. The van der Waals surface area contributed by atoms with Gasteiger partial charge < -0.3 is 20.5 Å². The largest absolute Gasteiger partial charge is 0.396 e. The maximum atomic E-state index is 9.79. The first-order valence-corrected chi connectivity index (χ1v) is 10.1. The van der Waals surface area contributed by atoms with E-state index < -0.39 is 0 Å². The molecular formula is C21H31N3O2. The second kappa shape index (κ2) is 7.57. The molecule has 4 atom stereocenters. The Bertz CT molecular complexity index is 629. The van der Waals surface area contributed by atoms with Gasteiger partial charge in [0.15, 0.2) is 5.96 Å². The molecule has 1 aromatic carbocycles. The summed E-state index contributed by atoms with van der Waals surface area (Å²) in [6.07, 6.45) is 5.49. The number of nitrogens with one attached hydrogen (secondary N) is 2. The summed E-state index contributed by atoms with van der Waals surface area (Å²) >= 11 is 0. The number of fused-ring (bicyclic) bond motifs is 2. The smallest absolute Gasteiger partial charge is 0.191 e. The van der Waals surface area contributed by atoms with Crippen LogP contribution in [0.3, 0.4) is 0 Å². The predicted octanol–water partition coefficient (Wildman–Crippen LogP) is 2.28. The molecule has 0 aromatic heterocycles. The number of aliphatic hydroxyl groups is 1. The average Bonchev–Trinajstić information content (AvgIpc) is 3.04. The molecule has 26 heavy (non-hydrogen) atoms. The van der Waals surface area contributed by atoms with Crippen LogP contribution in [-0.2, 0) is 4.74 Å². The summed E-state index contributed by atoms with van der Waals surface area (Å²) in [6, 6.07) is 10.6. The number of rotatable bonds is 6. The van der Waals surface area contributed by atoms with Crippen LogP contribution in [0.1, 0.15) is 44.1 Å². The SMILES string of the molecule is CCNC(=NCC(CO)c1ccccc1)NC1C2CCOC2C12CCC2. The zero-order valence-corrected chi connectivity index (χ0v) is 15.7. The number of hydrogen-bond acceptors (Lipinski definition) is 3. The van der Waals surface area contributed by atoms with Crippen LogP contribution in [0, 0.1) is 11.3 Å². The van der Waals surface area contributed by atoms with Crippen molar-refractivity contribution in [3.05, 3.63) is 35.9 Å². The highest BCUT2D eigenvalue weighted by atomic mass is 16.5. The Labute approximate surface area is 156 Å². The second-order valence-electron chi connectivity index (χ2n) is 7.96. The Hall–Kier alpha value is -1.59. The molecule has 1 saturated heterocycles. The van der Waals surface area contributed by atoms with E-state index in [1.165, 1.54) is 19.3 Å². The molecule has 1 aliphatic heterocycles. The summed E-state index contributed by atoms with van der Waals surface area (Å²) in [5.74, 6) is 1.54. The van der Waals surface area contributed by atoms with E-state index in [-0.39, 0.29) is 12.5 Å². The third-order valence-corrected chi connectivity index (χ3v) is 6.63. The zero-order valence-electron chi connectivity index (χ0n) is 15.7. The van der Waals surface area contributed by atoms with Gasteiger partial charge in [0, 0.05) is 36.4 Å². The summed E-state index contributed by atoms with van der Waals surface area (Å²) in [5.41, 5.74) is 1.48. The monoisotopic (exact) mass is 357 g/mol. The van der Waals surface area contributed by atoms with Gasteiger partial charge in [-0.25, -0.2) is 0 Å². The van der Waals surface area contributed by atoms with Crippen molar-refractivity contribution in [2.24, 2.45) is 16.3 Å². The fourth-order valence-corrected chi connectivity index (χ4v) is 5.12. The van der Waals surface area contributed by atoms with Gasteiger partial charge in [0.1, 0.15) is 0 Å². The molecule has 3 N–H and O–H groups in total. The van der Waals surface area contributed by atoms with Crippen LogP contribution in [0.5, 0.6) is 0 Å². The minimum absolute atomic E-state index is 0.0354. The zero-order chi connectivity index (χ0) is 18.0. The molecule has 5 heteroatoms. The lowest BCUT2D eigenvalue weighted by Crippen LogP contribution is -2.72. The molecule has 5 nitrogen and oxygen atoms in total. The number of aliphatic hydroxyl groups excluding tert-OH is 1. The molecule has 4 unspecified atom stereocenters. The molecule has 0 radical (unpaired) electrons. The van der Waals surface area contributed by atoms with Crippen LogP contribution in [0.25, 0.3) is 0 Å². The predicted molar refractivity (Wildman–Crippen MR) is 103 cm³/mol. The highest BCUT2D eigenvalue weighted by Crippen LogP contribution is 2.62. The van der Waals surface area contributed by atoms with Crippen LogP contribution in [0.4, 0.5) is 0 Å². The van der Waals surface area contributed by atoms with Gasteiger partial charge in [0.25, 0.3) is 0 Å². The fraction of sp³-hybridized carbons (Fsp3) is 0.667. The van der Waals surface area contributed by atoms with Crippen molar-refractivity contribution in [2.45, 2.75) is 50.7 Å². The summed E-state index contributed by atoms with van der Waals surface area (Å²) in [6.45, 7) is 4.53. The molecule has 1 spiro atoms. The number of benzene rings is 1. The van der Waals surface area contributed by atoms with E-state index >= 15 is 0 Å². The van der Waals surface area contributed by atoms with Crippen LogP contribution < -0.4 is 10.6 Å². The van der Waals surface area contributed by atoms with Crippen molar-refractivity contribution in [1.82, 2.24) is 10.6 Å². The summed E-state index contributed by atoms with van der Waals surface area (Å²) in [4.78, 5) is 4.81. The van der Waals surface area contributed by atoms with Gasteiger partial charge in [0.05, 0.1) is 19.3 Å². The van der Waals surface area contributed by atoms with Crippen LogP contribution in [0.15, 0.2) is 35.3 Å². The Morgan fingerprint density at radius 1 is 1.35 bits per heavy atom. The van der Waals surface area contributed by atoms with Gasteiger partial charge in [0.2, 0.25) is 0 Å². The molecule has 3 fully saturated rings. The van der Waals surface area contributed by atoms with E-state index in [4.69, 9.17) is 9.73 Å². The maximum absolute atomic E-state index is 9.79. The molecule has 2 aliphatic carbocycles. The van der Waals surface area contributed by atoms with E-state index in [9.17, 15) is 5.11 Å². The third kappa shape index (κ3) is 3.01. The van der Waals surface area contributed by atoms with Crippen molar-refractivity contribution in [2.75, 3.05) is 26.3 Å². The minimum atomic E-state index is 0.0354. The summed E-state index contributed by atoms with van der Waals surface area (Å²) < 4.78 is 6.02. The number of ether oxygens (including phenoxy) is 1. The fourth-order valence-electron chi connectivity index (χ4n) is 5.12.